The molecule has 0 spiro atoms. The molecule has 0 amide bonds. The van der Waals surface area contributed by atoms with Gasteiger partial charge >= 0.3 is 0 Å². The van der Waals surface area contributed by atoms with Gasteiger partial charge in [0.15, 0.2) is 11.6 Å². The number of halogens is 3. The number of ether oxygens (including phenoxy) is 1. The zero-order valence-electron chi connectivity index (χ0n) is 10.7. The summed E-state index contributed by atoms with van der Waals surface area (Å²) in [6.45, 7) is 2.37. The summed E-state index contributed by atoms with van der Waals surface area (Å²) in [7, 11) is 0. The first-order chi connectivity index (χ1) is 9.54. The van der Waals surface area contributed by atoms with Crippen LogP contribution in [0.15, 0.2) is 40.9 Å². The molecular weight excluding hydrogens is 330 g/mol. The predicted molar refractivity (Wildman–Crippen MR) is 75.7 cm³/mol. The number of rotatable bonds is 4. The van der Waals surface area contributed by atoms with Crippen molar-refractivity contribution in [3.63, 3.8) is 0 Å². The van der Waals surface area contributed by atoms with Crippen LogP contribution in [0.5, 0.6) is 5.75 Å². The largest absolute Gasteiger partial charge is 0.493 e. The van der Waals surface area contributed by atoms with Crippen LogP contribution in [0.1, 0.15) is 24.2 Å². The molecule has 0 aliphatic heterocycles. The number of benzene rings is 2. The summed E-state index contributed by atoms with van der Waals surface area (Å²) < 4.78 is 32.9. The SMILES string of the molecule is CCOc1ccc(C(O)c2cccc(F)c2F)cc1Br. The molecule has 0 aliphatic rings. The number of aliphatic hydroxyl groups excluding tert-OH is 1. The van der Waals surface area contributed by atoms with Crippen LogP contribution >= 0.6 is 15.9 Å². The minimum atomic E-state index is -1.24. The second-order valence-electron chi connectivity index (χ2n) is 4.17. The second-order valence-corrected chi connectivity index (χ2v) is 5.02. The van der Waals surface area contributed by atoms with E-state index >= 15 is 0 Å². The third-order valence-electron chi connectivity index (χ3n) is 2.85. The lowest BCUT2D eigenvalue weighted by atomic mass is 10.0. The van der Waals surface area contributed by atoms with E-state index in [-0.39, 0.29) is 5.56 Å². The fourth-order valence-corrected chi connectivity index (χ4v) is 2.38. The molecule has 2 rings (SSSR count). The quantitative estimate of drug-likeness (QED) is 0.901. The van der Waals surface area contributed by atoms with Crippen LogP contribution in [-0.4, -0.2) is 11.7 Å². The lowest BCUT2D eigenvalue weighted by Gasteiger charge is -2.14. The van der Waals surface area contributed by atoms with Gasteiger partial charge in [-0.2, -0.15) is 0 Å². The van der Waals surface area contributed by atoms with Gasteiger partial charge in [0.2, 0.25) is 0 Å². The highest BCUT2D eigenvalue weighted by atomic mass is 79.9. The molecule has 0 aromatic heterocycles. The van der Waals surface area contributed by atoms with E-state index in [1.807, 2.05) is 6.92 Å². The van der Waals surface area contributed by atoms with Gasteiger partial charge < -0.3 is 9.84 Å². The lowest BCUT2D eigenvalue weighted by Crippen LogP contribution is -2.04. The fraction of sp³-hybridized carbons (Fsp3) is 0.200. The van der Waals surface area contributed by atoms with Crippen molar-refractivity contribution in [3.05, 3.63) is 63.6 Å². The zero-order chi connectivity index (χ0) is 14.7. The molecule has 1 atom stereocenters. The first-order valence-corrected chi connectivity index (χ1v) is 6.88. The molecule has 0 fully saturated rings. The average molecular weight is 343 g/mol. The maximum Gasteiger partial charge on any atom is 0.164 e. The second kappa shape index (κ2) is 6.33. The molecule has 0 bridgehead atoms. The standard InChI is InChI=1S/C15H13BrF2O2/c1-2-20-13-7-6-9(8-11(13)16)15(19)10-4-3-5-12(17)14(10)18/h3-8,15,19H,2H2,1H3. The molecule has 20 heavy (non-hydrogen) atoms. The highest BCUT2D eigenvalue weighted by Gasteiger charge is 2.18. The Labute approximate surface area is 124 Å². The van der Waals surface area contributed by atoms with Crippen molar-refractivity contribution in [3.8, 4) is 5.75 Å². The Morgan fingerprint density at radius 3 is 2.65 bits per heavy atom. The molecule has 1 unspecified atom stereocenters. The van der Waals surface area contributed by atoms with Crippen LogP contribution in [0.25, 0.3) is 0 Å². The summed E-state index contributed by atoms with van der Waals surface area (Å²) in [5.41, 5.74) is 0.353. The van der Waals surface area contributed by atoms with Gasteiger partial charge in [0.05, 0.1) is 11.1 Å². The van der Waals surface area contributed by atoms with Crippen molar-refractivity contribution < 1.29 is 18.6 Å². The van der Waals surface area contributed by atoms with Gasteiger partial charge in [0, 0.05) is 5.56 Å². The van der Waals surface area contributed by atoms with Crippen molar-refractivity contribution in [1.82, 2.24) is 0 Å². The molecule has 2 aromatic rings. The van der Waals surface area contributed by atoms with Crippen molar-refractivity contribution in [2.24, 2.45) is 0 Å². The summed E-state index contributed by atoms with van der Waals surface area (Å²) in [4.78, 5) is 0. The molecule has 0 saturated heterocycles. The third-order valence-corrected chi connectivity index (χ3v) is 3.47. The Balaban J connectivity index is 2.36. The fourth-order valence-electron chi connectivity index (χ4n) is 1.87. The molecule has 5 heteroatoms. The van der Waals surface area contributed by atoms with Crippen LogP contribution < -0.4 is 4.74 Å². The summed E-state index contributed by atoms with van der Waals surface area (Å²) >= 11 is 3.32. The zero-order valence-corrected chi connectivity index (χ0v) is 12.3. The number of hydrogen-bond acceptors (Lipinski definition) is 2. The molecule has 0 saturated carbocycles. The minimum absolute atomic E-state index is 0.0962. The number of aliphatic hydroxyl groups is 1. The Hall–Kier alpha value is -1.46. The van der Waals surface area contributed by atoms with Gasteiger partial charge in [-0.05, 0) is 46.6 Å². The van der Waals surface area contributed by atoms with Crippen LogP contribution in [0.3, 0.4) is 0 Å². The van der Waals surface area contributed by atoms with Crippen LogP contribution in [0.4, 0.5) is 8.78 Å². The van der Waals surface area contributed by atoms with E-state index < -0.39 is 17.7 Å². The lowest BCUT2D eigenvalue weighted by molar-refractivity contribution is 0.213. The van der Waals surface area contributed by atoms with E-state index in [9.17, 15) is 13.9 Å². The average Bonchev–Trinajstić information content (AvgIpc) is 2.43. The predicted octanol–water partition coefficient (Wildman–Crippen LogP) is 4.21. The van der Waals surface area contributed by atoms with Crippen LogP contribution in [0, 0.1) is 11.6 Å². The third kappa shape index (κ3) is 2.99. The molecule has 106 valence electrons. The monoisotopic (exact) mass is 342 g/mol. The number of hydrogen-bond donors (Lipinski definition) is 1. The Morgan fingerprint density at radius 2 is 2.00 bits per heavy atom. The Morgan fingerprint density at radius 1 is 1.25 bits per heavy atom. The highest BCUT2D eigenvalue weighted by molar-refractivity contribution is 9.10. The maximum absolute atomic E-state index is 13.7. The van der Waals surface area contributed by atoms with Crippen molar-refractivity contribution in [1.29, 1.82) is 0 Å². The molecule has 0 heterocycles. The Bertz CT molecular complexity index is 617. The Kier molecular flexibility index (Phi) is 4.73. The normalized spacial score (nSPS) is 12.2. The maximum atomic E-state index is 13.7. The molecule has 1 N–H and O–H groups in total. The van der Waals surface area contributed by atoms with Gasteiger partial charge in [-0.15, -0.1) is 0 Å². The highest BCUT2D eigenvalue weighted by Crippen LogP contribution is 2.32. The molecule has 0 radical (unpaired) electrons. The molecule has 2 aromatic carbocycles. The summed E-state index contributed by atoms with van der Waals surface area (Å²) in [5, 5.41) is 10.2. The molecular formula is C15H13BrF2O2. The van der Waals surface area contributed by atoms with E-state index in [2.05, 4.69) is 15.9 Å². The van der Waals surface area contributed by atoms with Gasteiger partial charge in [-0.1, -0.05) is 18.2 Å². The van der Waals surface area contributed by atoms with Gasteiger partial charge in [-0.25, -0.2) is 8.78 Å². The summed E-state index contributed by atoms with van der Waals surface area (Å²) in [6.07, 6.45) is -1.24. The topological polar surface area (TPSA) is 29.5 Å². The molecule has 0 aliphatic carbocycles. The molecule has 2 nitrogen and oxygen atoms in total. The van der Waals surface area contributed by atoms with E-state index in [0.29, 0.717) is 22.4 Å². The van der Waals surface area contributed by atoms with Crippen LogP contribution in [-0.2, 0) is 0 Å². The van der Waals surface area contributed by atoms with E-state index in [1.165, 1.54) is 12.1 Å². The van der Waals surface area contributed by atoms with E-state index in [4.69, 9.17) is 4.74 Å². The van der Waals surface area contributed by atoms with E-state index in [1.54, 1.807) is 18.2 Å². The van der Waals surface area contributed by atoms with Gasteiger partial charge in [0.1, 0.15) is 11.9 Å². The van der Waals surface area contributed by atoms with Gasteiger partial charge in [-0.3, -0.25) is 0 Å². The minimum Gasteiger partial charge on any atom is -0.493 e. The van der Waals surface area contributed by atoms with Crippen molar-refractivity contribution in [2.45, 2.75) is 13.0 Å². The van der Waals surface area contributed by atoms with Gasteiger partial charge in [0.25, 0.3) is 0 Å². The van der Waals surface area contributed by atoms with E-state index in [0.717, 1.165) is 6.07 Å². The summed E-state index contributed by atoms with van der Waals surface area (Å²) in [5.74, 6) is -1.39. The first kappa shape index (κ1) is 14.9. The smallest absolute Gasteiger partial charge is 0.164 e. The van der Waals surface area contributed by atoms with Crippen LogP contribution in [0.2, 0.25) is 0 Å². The van der Waals surface area contributed by atoms with Crippen molar-refractivity contribution >= 4 is 15.9 Å². The first-order valence-electron chi connectivity index (χ1n) is 6.08. The summed E-state index contributed by atoms with van der Waals surface area (Å²) in [6, 6.07) is 8.64. The van der Waals surface area contributed by atoms with Crippen molar-refractivity contribution in [2.75, 3.05) is 6.61 Å².